The highest BCUT2D eigenvalue weighted by Crippen LogP contribution is 2.36. The van der Waals surface area contributed by atoms with Crippen molar-refractivity contribution in [3.8, 4) is 0 Å². The lowest BCUT2D eigenvalue weighted by Gasteiger charge is -2.16. The van der Waals surface area contributed by atoms with E-state index in [0.29, 0.717) is 4.47 Å². The van der Waals surface area contributed by atoms with E-state index in [9.17, 15) is 4.39 Å². The van der Waals surface area contributed by atoms with Crippen LogP contribution in [0.3, 0.4) is 0 Å². The molecule has 3 heteroatoms. The van der Waals surface area contributed by atoms with E-state index in [4.69, 9.17) is 0 Å². The van der Waals surface area contributed by atoms with Crippen molar-refractivity contribution in [1.82, 2.24) is 0 Å². The second kappa shape index (κ2) is 2.87. The van der Waals surface area contributed by atoms with Gasteiger partial charge in [0.25, 0.3) is 0 Å². The smallest absolute Gasteiger partial charge is 0.148 e. The van der Waals surface area contributed by atoms with Gasteiger partial charge in [-0.15, -0.1) is 11.3 Å². The lowest BCUT2D eigenvalue weighted by Crippen LogP contribution is -2.09. The summed E-state index contributed by atoms with van der Waals surface area (Å²) in [6, 6.07) is 0. The van der Waals surface area contributed by atoms with E-state index in [1.54, 1.807) is 0 Å². The van der Waals surface area contributed by atoms with Crippen molar-refractivity contribution >= 4 is 27.3 Å². The van der Waals surface area contributed by atoms with Crippen molar-refractivity contribution in [2.24, 2.45) is 0 Å². The first-order valence-electron chi connectivity index (χ1n) is 3.36. The summed E-state index contributed by atoms with van der Waals surface area (Å²) in [6.45, 7) is 6.22. The lowest BCUT2D eigenvalue weighted by molar-refractivity contribution is 0.584. The summed E-state index contributed by atoms with van der Waals surface area (Å²) in [4.78, 5) is 1.06. The molecule has 0 bridgehead atoms. The summed E-state index contributed by atoms with van der Waals surface area (Å²) in [5, 5.41) is 1.53. The summed E-state index contributed by atoms with van der Waals surface area (Å²) in [7, 11) is 0. The average Bonchev–Trinajstić information content (AvgIpc) is 2.11. The van der Waals surface area contributed by atoms with Gasteiger partial charge in [-0.1, -0.05) is 20.8 Å². The molecule has 0 aliphatic carbocycles. The largest absolute Gasteiger partial charge is 0.205 e. The third-order valence-corrected chi connectivity index (χ3v) is 3.79. The number of halogens is 2. The molecule has 0 unspecified atom stereocenters. The molecule has 0 aliphatic heterocycles. The highest BCUT2D eigenvalue weighted by atomic mass is 79.9. The van der Waals surface area contributed by atoms with Crippen molar-refractivity contribution in [1.29, 1.82) is 0 Å². The van der Waals surface area contributed by atoms with Gasteiger partial charge in [0.15, 0.2) is 0 Å². The van der Waals surface area contributed by atoms with E-state index in [1.807, 2.05) is 0 Å². The SMILES string of the molecule is CC(C)(C)c1scc(F)c1Br. The molecule has 1 aromatic rings. The maximum Gasteiger partial charge on any atom is 0.148 e. The van der Waals surface area contributed by atoms with Gasteiger partial charge in [-0.3, -0.25) is 0 Å². The predicted octanol–water partition coefficient (Wildman–Crippen LogP) is 3.95. The monoisotopic (exact) mass is 236 g/mol. The standard InChI is InChI=1S/C8H10BrFS/c1-8(2,3)7-6(9)5(10)4-11-7/h4H,1-3H3. The van der Waals surface area contributed by atoms with Crippen LogP contribution in [0.15, 0.2) is 9.85 Å². The molecule has 0 saturated carbocycles. The molecule has 1 rings (SSSR count). The molecular formula is C8H10BrFS. The molecule has 11 heavy (non-hydrogen) atoms. The Morgan fingerprint density at radius 2 is 2.00 bits per heavy atom. The van der Waals surface area contributed by atoms with Crippen LogP contribution in [0.5, 0.6) is 0 Å². The third-order valence-electron chi connectivity index (χ3n) is 1.37. The summed E-state index contributed by atoms with van der Waals surface area (Å²) in [5.41, 5.74) is 0.0356. The molecule has 0 N–H and O–H groups in total. The van der Waals surface area contributed by atoms with Crippen LogP contribution in [0.25, 0.3) is 0 Å². The van der Waals surface area contributed by atoms with Crippen LogP contribution in [-0.2, 0) is 5.41 Å². The molecule has 0 aromatic carbocycles. The highest BCUT2D eigenvalue weighted by molar-refractivity contribution is 9.10. The Labute approximate surface area is 78.6 Å². The fourth-order valence-electron chi connectivity index (χ4n) is 0.829. The summed E-state index contributed by atoms with van der Waals surface area (Å²) < 4.78 is 13.5. The van der Waals surface area contributed by atoms with Crippen molar-refractivity contribution < 1.29 is 4.39 Å². The van der Waals surface area contributed by atoms with E-state index in [0.717, 1.165) is 4.88 Å². The quantitative estimate of drug-likeness (QED) is 0.640. The van der Waals surface area contributed by atoms with E-state index >= 15 is 0 Å². The molecule has 1 aromatic heterocycles. The minimum Gasteiger partial charge on any atom is -0.205 e. The molecule has 1 heterocycles. The molecule has 0 fully saturated rings. The number of hydrogen-bond acceptors (Lipinski definition) is 1. The first kappa shape index (κ1) is 9.20. The van der Waals surface area contributed by atoms with Gasteiger partial charge in [-0.05, 0) is 21.3 Å². The molecule has 0 aliphatic rings. The first-order valence-corrected chi connectivity index (χ1v) is 5.03. The Hall–Kier alpha value is 0.110. The molecule has 0 spiro atoms. The minimum atomic E-state index is -0.153. The number of rotatable bonds is 0. The molecule has 0 atom stereocenters. The Balaban J connectivity index is 3.15. The molecule has 0 radical (unpaired) electrons. The zero-order chi connectivity index (χ0) is 8.65. The molecule has 0 saturated heterocycles. The van der Waals surface area contributed by atoms with Gasteiger partial charge in [0.05, 0.1) is 4.47 Å². The van der Waals surface area contributed by atoms with Crippen molar-refractivity contribution in [2.45, 2.75) is 26.2 Å². The molecule has 0 nitrogen and oxygen atoms in total. The fraction of sp³-hybridized carbons (Fsp3) is 0.500. The number of thiophene rings is 1. The first-order chi connectivity index (χ1) is 4.93. The van der Waals surface area contributed by atoms with Gasteiger partial charge < -0.3 is 0 Å². The van der Waals surface area contributed by atoms with Gasteiger partial charge in [-0.2, -0.15) is 0 Å². The number of hydrogen-bond donors (Lipinski definition) is 0. The highest BCUT2D eigenvalue weighted by Gasteiger charge is 2.21. The Morgan fingerprint density at radius 3 is 2.18 bits per heavy atom. The van der Waals surface area contributed by atoms with E-state index in [1.165, 1.54) is 16.7 Å². The topological polar surface area (TPSA) is 0 Å². The van der Waals surface area contributed by atoms with Gasteiger partial charge >= 0.3 is 0 Å². The second-order valence-corrected chi connectivity index (χ2v) is 5.15. The zero-order valence-electron chi connectivity index (χ0n) is 6.74. The Kier molecular flexibility index (Phi) is 2.40. The van der Waals surface area contributed by atoms with Gasteiger partial charge in [0, 0.05) is 10.3 Å². The van der Waals surface area contributed by atoms with Gasteiger partial charge in [-0.25, -0.2) is 4.39 Å². The average molecular weight is 237 g/mol. The maximum absolute atomic E-state index is 12.8. The minimum absolute atomic E-state index is 0.0356. The van der Waals surface area contributed by atoms with Crippen LogP contribution < -0.4 is 0 Å². The summed E-state index contributed by atoms with van der Waals surface area (Å²) in [5.74, 6) is -0.153. The van der Waals surface area contributed by atoms with Crippen LogP contribution in [0.4, 0.5) is 4.39 Å². The van der Waals surface area contributed by atoms with Crippen molar-refractivity contribution in [3.05, 3.63) is 20.5 Å². The Bertz CT molecular complexity index is 260. The zero-order valence-corrected chi connectivity index (χ0v) is 9.14. The van der Waals surface area contributed by atoms with Crippen molar-refractivity contribution in [3.63, 3.8) is 0 Å². The van der Waals surface area contributed by atoms with Crippen LogP contribution in [0.2, 0.25) is 0 Å². The van der Waals surface area contributed by atoms with Crippen molar-refractivity contribution in [2.75, 3.05) is 0 Å². The molecule has 0 amide bonds. The maximum atomic E-state index is 12.8. The normalized spacial score (nSPS) is 12.1. The van der Waals surface area contributed by atoms with E-state index < -0.39 is 0 Å². The van der Waals surface area contributed by atoms with Crippen LogP contribution in [-0.4, -0.2) is 0 Å². The molecular weight excluding hydrogens is 227 g/mol. The third kappa shape index (κ3) is 1.82. The van der Waals surface area contributed by atoms with Crippen LogP contribution >= 0.6 is 27.3 Å². The van der Waals surface area contributed by atoms with E-state index in [2.05, 4.69) is 36.7 Å². The van der Waals surface area contributed by atoms with E-state index in [-0.39, 0.29) is 11.2 Å². The van der Waals surface area contributed by atoms with Gasteiger partial charge in [0.1, 0.15) is 5.82 Å². The Morgan fingerprint density at radius 1 is 1.45 bits per heavy atom. The predicted molar refractivity (Wildman–Crippen MR) is 50.7 cm³/mol. The second-order valence-electron chi connectivity index (χ2n) is 3.48. The summed E-state index contributed by atoms with van der Waals surface area (Å²) in [6.07, 6.45) is 0. The summed E-state index contributed by atoms with van der Waals surface area (Å²) >= 11 is 4.68. The lowest BCUT2D eigenvalue weighted by atomic mass is 9.95. The van der Waals surface area contributed by atoms with Crippen LogP contribution in [0.1, 0.15) is 25.6 Å². The fourth-order valence-corrected chi connectivity index (χ4v) is 2.86. The molecule has 62 valence electrons. The van der Waals surface area contributed by atoms with Crippen LogP contribution in [0, 0.1) is 5.82 Å². The van der Waals surface area contributed by atoms with Gasteiger partial charge in [0.2, 0.25) is 0 Å².